The molecule has 10 heteroatoms. The van der Waals surface area contributed by atoms with Crippen LogP contribution < -0.4 is 4.90 Å². The number of anilines is 1. The van der Waals surface area contributed by atoms with Gasteiger partial charge in [-0.05, 0) is 58.4 Å². The zero-order valence-corrected chi connectivity index (χ0v) is 25.4. The molecule has 0 spiro atoms. The highest BCUT2D eigenvalue weighted by atomic mass is 32.1. The maximum Gasteiger partial charge on any atom is 0.353 e. The summed E-state index contributed by atoms with van der Waals surface area (Å²) in [4.78, 5) is 56.3. The molecule has 1 saturated carbocycles. The summed E-state index contributed by atoms with van der Waals surface area (Å²) >= 11 is 1.10. The first-order chi connectivity index (χ1) is 18.9. The number of ether oxygens (including phenoxy) is 3. The van der Waals surface area contributed by atoms with E-state index in [0.29, 0.717) is 42.8 Å². The average molecular weight is 575 g/mol. The lowest BCUT2D eigenvalue weighted by Crippen LogP contribution is -2.49. The van der Waals surface area contributed by atoms with Crippen LogP contribution in [0.2, 0.25) is 0 Å². The summed E-state index contributed by atoms with van der Waals surface area (Å²) in [5, 5.41) is 0. The van der Waals surface area contributed by atoms with Gasteiger partial charge in [-0.2, -0.15) is 0 Å². The minimum absolute atomic E-state index is 0.145. The van der Waals surface area contributed by atoms with E-state index < -0.39 is 18.7 Å². The summed E-state index contributed by atoms with van der Waals surface area (Å²) in [6, 6.07) is 1.69. The Balaban J connectivity index is 1.97. The van der Waals surface area contributed by atoms with E-state index in [9.17, 15) is 19.2 Å². The Hall–Kier alpha value is -2.90. The van der Waals surface area contributed by atoms with Gasteiger partial charge in [0.2, 0.25) is 18.6 Å². The second-order valence-corrected chi connectivity index (χ2v) is 12.9. The molecule has 2 fully saturated rings. The molecule has 3 rings (SSSR count). The number of amides is 2. The maximum atomic E-state index is 14.0. The van der Waals surface area contributed by atoms with Crippen LogP contribution in [0.4, 0.5) is 5.69 Å². The Kier molecular flexibility index (Phi) is 11.2. The number of carbonyl (C=O) groups is 4. The Morgan fingerprint density at radius 3 is 2.35 bits per heavy atom. The standard InChI is InChI=1S/C30H42N2O7S/c1-20(2)28(35)38-19-39-29(36)26-24(17-23(40-26)11-12-30(4,5)6)32(18-25(33)31-13-15-37-16-14-31)27(34)22-9-7-21(3)8-10-22/h17,20-22H,7-10,13-16,18-19H2,1-6H3. The van der Waals surface area contributed by atoms with E-state index in [4.69, 9.17) is 14.2 Å². The maximum absolute atomic E-state index is 14.0. The highest BCUT2D eigenvalue weighted by Crippen LogP contribution is 2.35. The van der Waals surface area contributed by atoms with Gasteiger partial charge in [0, 0.05) is 24.4 Å². The summed E-state index contributed by atoms with van der Waals surface area (Å²) < 4.78 is 15.7. The largest absolute Gasteiger partial charge is 0.428 e. The SMILES string of the molecule is CC1CCC(C(=O)N(CC(=O)N2CCOCC2)c2cc(C#CC(C)(C)C)sc2C(=O)OCOC(=O)C(C)C)CC1. The summed E-state index contributed by atoms with van der Waals surface area (Å²) in [6.45, 7) is 12.5. The molecule has 1 aromatic heterocycles. The van der Waals surface area contributed by atoms with E-state index in [1.807, 2.05) is 20.8 Å². The molecule has 2 heterocycles. The van der Waals surface area contributed by atoms with Gasteiger partial charge in [-0.3, -0.25) is 14.4 Å². The fourth-order valence-corrected chi connectivity index (χ4v) is 5.38. The zero-order chi connectivity index (χ0) is 29.4. The minimum Gasteiger partial charge on any atom is -0.428 e. The van der Waals surface area contributed by atoms with Crippen LogP contribution in [-0.4, -0.2) is 68.3 Å². The predicted octanol–water partition coefficient (Wildman–Crippen LogP) is 4.48. The van der Waals surface area contributed by atoms with Crippen molar-refractivity contribution in [1.29, 1.82) is 0 Å². The highest BCUT2D eigenvalue weighted by Gasteiger charge is 2.34. The van der Waals surface area contributed by atoms with Gasteiger partial charge in [0.05, 0.1) is 29.7 Å². The van der Waals surface area contributed by atoms with Crippen molar-refractivity contribution in [2.45, 2.75) is 67.2 Å². The Morgan fingerprint density at radius 2 is 1.75 bits per heavy atom. The molecule has 1 aliphatic heterocycles. The van der Waals surface area contributed by atoms with Crippen LogP contribution >= 0.6 is 11.3 Å². The summed E-state index contributed by atoms with van der Waals surface area (Å²) in [7, 11) is 0. The third kappa shape index (κ3) is 9.07. The van der Waals surface area contributed by atoms with Crippen LogP contribution in [-0.2, 0) is 28.6 Å². The third-order valence-corrected chi connectivity index (χ3v) is 7.92. The van der Waals surface area contributed by atoms with Crippen LogP contribution in [0, 0.1) is 35.0 Å². The average Bonchev–Trinajstić information content (AvgIpc) is 3.34. The quantitative estimate of drug-likeness (QED) is 0.256. The van der Waals surface area contributed by atoms with Crippen molar-refractivity contribution < 1.29 is 33.4 Å². The molecule has 0 unspecified atom stereocenters. The lowest BCUT2D eigenvalue weighted by molar-refractivity contribution is -0.155. The first kappa shape index (κ1) is 31.6. The number of morpholine rings is 1. The van der Waals surface area contributed by atoms with E-state index in [1.54, 1.807) is 24.8 Å². The first-order valence-corrected chi connectivity index (χ1v) is 14.8. The molecule has 0 N–H and O–H groups in total. The van der Waals surface area contributed by atoms with Crippen LogP contribution in [0.1, 0.15) is 81.8 Å². The molecular weight excluding hydrogens is 532 g/mol. The van der Waals surface area contributed by atoms with Gasteiger partial charge in [0.1, 0.15) is 11.4 Å². The Morgan fingerprint density at radius 1 is 1.10 bits per heavy atom. The molecule has 1 saturated heterocycles. The molecule has 0 aromatic carbocycles. The van der Waals surface area contributed by atoms with E-state index >= 15 is 0 Å². The van der Waals surface area contributed by atoms with Crippen LogP contribution in [0.3, 0.4) is 0 Å². The number of hydrogen-bond donors (Lipinski definition) is 0. The molecule has 1 aliphatic carbocycles. The molecular formula is C30H42N2O7S. The molecule has 0 atom stereocenters. The van der Waals surface area contributed by atoms with Crippen LogP contribution in [0.15, 0.2) is 6.07 Å². The van der Waals surface area contributed by atoms with Crippen molar-refractivity contribution in [2.75, 3.05) is 44.5 Å². The molecule has 9 nitrogen and oxygen atoms in total. The lowest BCUT2D eigenvalue weighted by atomic mass is 9.82. The normalized spacial score (nSPS) is 19.4. The molecule has 1 aromatic rings. The van der Waals surface area contributed by atoms with Crippen molar-refractivity contribution in [1.82, 2.24) is 4.90 Å². The van der Waals surface area contributed by atoms with Crippen molar-refractivity contribution >= 4 is 40.8 Å². The van der Waals surface area contributed by atoms with Gasteiger partial charge in [0.25, 0.3) is 0 Å². The summed E-state index contributed by atoms with van der Waals surface area (Å²) in [5.41, 5.74) is 0.0184. The van der Waals surface area contributed by atoms with E-state index in [2.05, 4.69) is 18.8 Å². The summed E-state index contributed by atoms with van der Waals surface area (Å²) in [6.07, 6.45) is 3.33. The molecule has 0 bridgehead atoms. The number of rotatable bonds is 8. The smallest absolute Gasteiger partial charge is 0.353 e. The monoisotopic (exact) mass is 574 g/mol. The van der Waals surface area contributed by atoms with Crippen molar-refractivity contribution in [3.8, 4) is 11.8 Å². The number of carbonyl (C=O) groups excluding carboxylic acids is 4. The predicted molar refractivity (Wildman–Crippen MR) is 153 cm³/mol. The minimum atomic E-state index is -0.741. The highest BCUT2D eigenvalue weighted by molar-refractivity contribution is 7.15. The van der Waals surface area contributed by atoms with Gasteiger partial charge >= 0.3 is 11.9 Å². The number of esters is 2. The van der Waals surface area contributed by atoms with Gasteiger partial charge in [0.15, 0.2) is 0 Å². The Labute approximate surface area is 241 Å². The van der Waals surface area contributed by atoms with Crippen molar-refractivity contribution in [2.24, 2.45) is 23.2 Å². The molecule has 2 amide bonds. The molecule has 220 valence electrons. The summed E-state index contributed by atoms with van der Waals surface area (Å²) in [5.74, 6) is 4.59. The van der Waals surface area contributed by atoms with Gasteiger partial charge in [-0.25, -0.2) is 4.79 Å². The second-order valence-electron chi connectivity index (χ2n) is 11.9. The lowest BCUT2D eigenvalue weighted by Gasteiger charge is -2.33. The first-order valence-electron chi connectivity index (χ1n) is 14.0. The van der Waals surface area contributed by atoms with E-state index in [0.717, 1.165) is 37.0 Å². The topological polar surface area (TPSA) is 102 Å². The number of thiophene rings is 1. The fraction of sp³-hybridized carbons (Fsp3) is 0.667. The van der Waals surface area contributed by atoms with Gasteiger partial charge < -0.3 is 24.0 Å². The van der Waals surface area contributed by atoms with Crippen molar-refractivity contribution in [3.05, 3.63) is 15.8 Å². The zero-order valence-electron chi connectivity index (χ0n) is 24.5. The van der Waals surface area contributed by atoms with E-state index in [-0.39, 0.29) is 40.5 Å². The van der Waals surface area contributed by atoms with Crippen LogP contribution in [0.25, 0.3) is 0 Å². The number of hydrogen-bond acceptors (Lipinski definition) is 8. The molecule has 0 radical (unpaired) electrons. The fourth-order valence-electron chi connectivity index (χ4n) is 4.47. The van der Waals surface area contributed by atoms with Gasteiger partial charge in [-0.15, -0.1) is 11.3 Å². The third-order valence-electron chi connectivity index (χ3n) is 6.90. The second kappa shape index (κ2) is 14.1. The van der Waals surface area contributed by atoms with Crippen molar-refractivity contribution in [3.63, 3.8) is 0 Å². The van der Waals surface area contributed by atoms with Gasteiger partial charge in [-0.1, -0.05) is 32.6 Å². The molecule has 40 heavy (non-hydrogen) atoms. The number of nitrogens with zero attached hydrogens (tertiary/aromatic N) is 2. The van der Waals surface area contributed by atoms with Crippen LogP contribution in [0.5, 0.6) is 0 Å². The van der Waals surface area contributed by atoms with E-state index in [1.165, 1.54) is 4.90 Å². The Bertz CT molecular complexity index is 1130. The molecule has 2 aliphatic rings.